The molecule has 0 saturated carbocycles. The zero-order chi connectivity index (χ0) is 42.1. The largest absolute Gasteiger partial charge is 0.455 e. The van der Waals surface area contributed by atoms with E-state index in [1.807, 2.05) is 60.7 Å². The lowest BCUT2D eigenvalue weighted by molar-refractivity contribution is 0.669. The Balaban J connectivity index is 0.967. The summed E-state index contributed by atoms with van der Waals surface area (Å²) >= 11 is 0. The third kappa shape index (κ3) is 5.81. The van der Waals surface area contributed by atoms with Gasteiger partial charge in [0.25, 0.3) is 0 Å². The lowest BCUT2D eigenvalue weighted by Gasteiger charge is -2.14. The molecule has 13 rings (SSSR count). The molecule has 0 radical (unpaired) electrons. The molecule has 0 bridgehead atoms. The van der Waals surface area contributed by atoms with Crippen LogP contribution in [-0.4, -0.2) is 24.5 Å². The molecule has 4 heterocycles. The first-order valence-electron chi connectivity index (χ1n) is 21.5. The van der Waals surface area contributed by atoms with Crippen LogP contribution in [0.15, 0.2) is 217 Å². The topological polar surface area (TPSA) is 69.6 Å². The molecular weight excluding hydrogens is 783 g/mol. The summed E-state index contributed by atoms with van der Waals surface area (Å²) in [5.74, 6) is 1.74. The lowest BCUT2D eigenvalue weighted by Crippen LogP contribution is -2.00. The minimum absolute atomic E-state index is 0.557. The maximum atomic E-state index is 6.43. The van der Waals surface area contributed by atoms with Crippen molar-refractivity contribution in [3.63, 3.8) is 0 Å². The number of nitrogens with zero attached hydrogens (tertiary/aromatic N) is 5. The van der Waals surface area contributed by atoms with Crippen molar-refractivity contribution >= 4 is 65.4 Å². The SMILES string of the molecule is c1ccc(-c2nc(-c3ccc(-c4ccc5nc(-c6ccccc6)c6cc7c8ccccc8n(-c8ccccc8)c7cc6c5c4)cc3)nc(-c3cccc4c3oc3ccccc34)n2)cc1. The van der Waals surface area contributed by atoms with E-state index < -0.39 is 0 Å². The molecule has 9 aromatic carbocycles. The molecule has 0 atom stereocenters. The minimum Gasteiger partial charge on any atom is -0.455 e. The zero-order valence-electron chi connectivity index (χ0n) is 34.4. The number of fused-ring (bicyclic) bond motifs is 9. The van der Waals surface area contributed by atoms with E-state index in [0.29, 0.717) is 17.5 Å². The number of aromatic nitrogens is 5. The molecule has 0 aliphatic rings. The van der Waals surface area contributed by atoms with Gasteiger partial charge in [-0.05, 0) is 71.1 Å². The fourth-order valence-corrected chi connectivity index (χ4v) is 9.39. The average molecular weight is 818 g/mol. The van der Waals surface area contributed by atoms with Gasteiger partial charge in [0.05, 0.1) is 27.8 Å². The van der Waals surface area contributed by atoms with E-state index in [0.717, 1.165) is 93.9 Å². The Bertz CT molecular complexity index is 3930. The zero-order valence-corrected chi connectivity index (χ0v) is 34.4. The molecule has 64 heavy (non-hydrogen) atoms. The van der Waals surface area contributed by atoms with Gasteiger partial charge in [-0.3, -0.25) is 0 Å². The molecule has 0 aliphatic carbocycles. The predicted molar refractivity (Wildman–Crippen MR) is 261 cm³/mol. The number of benzene rings is 9. The van der Waals surface area contributed by atoms with Gasteiger partial charge in [0, 0.05) is 54.7 Å². The normalized spacial score (nSPS) is 11.8. The van der Waals surface area contributed by atoms with E-state index in [2.05, 4.69) is 156 Å². The summed E-state index contributed by atoms with van der Waals surface area (Å²) < 4.78 is 8.82. The lowest BCUT2D eigenvalue weighted by atomic mass is 9.95. The van der Waals surface area contributed by atoms with Gasteiger partial charge < -0.3 is 8.98 Å². The maximum absolute atomic E-state index is 6.43. The molecule has 6 heteroatoms. The Morgan fingerprint density at radius 2 is 0.938 bits per heavy atom. The first-order valence-corrected chi connectivity index (χ1v) is 21.5. The Morgan fingerprint density at radius 3 is 1.72 bits per heavy atom. The summed E-state index contributed by atoms with van der Waals surface area (Å²) in [5, 5.41) is 7.86. The fraction of sp³-hybridized carbons (Fsp3) is 0. The Hall–Kier alpha value is -8.74. The molecule has 0 N–H and O–H groups in total. The van der Waals surface area contributed by atoms with Crippen LogP contribution >= 0.6 is 0 Å². The molecular formula is C58H35N5O. The molecule has 0 unspecified atom stereocenters. The summed E-state index contributed by atoms with van der Waals surface area (Å²) in [6.07, 6.45) is 0. The van der Waals surface area contributed by atoms with Crippen LogP contribution in [0.25, 0.3) is 128 Å². The highest BCUT2D eigenvalue weighted by atomic mass is 16.3. The van der Waals surface area contributed by atoms with E-state index >= 15 is 0 Å². The molecule has 0 aliphatic heterocycles. The van der Waals surface area contributed by atoms with E-state index in [4.69, 9.17) is 24.4 Å². The van der Waals surface area contributed by atoms with Gasteiger partial charge in [-0.1, -0.05) is 158 Å². The van der Waals surface area contributed by atoms with Crippen molar-refractivity contribution in [1.29, 1.82) is 0 Å². The van der Waals surface area contributed by atoms with Gasteiger partial charge >= 0.3 is 0 Å². The van der Waals surface area contributed by atoms with Gasteiger partial charge in [0.1, 0.15) is 11.2 Å². The molecule has 0 amide bonds. The third-order valence-electron chi connectivity index (χ3n) is 12.4. The summed E-state index contributed by atoms with van der Waals surface area (Å²) in [5.41, 5.74) is 12.8. The van der Waals surface area contributed by atoms with Gasteiger partial charge in [-0.2, -0.15) is 0 Å². The standard InChI is InChI=1S/C58H35N5O/c1-4-15-37(16-5-1)54-49-34-48-42-21-10-12-25-51(42)63(41-19-8-3-9-20-41)52(48)35-46(49)47-33-40(31-32-50(47)59-54)36-27-29-39(30-28-36)57-60-56(38-17-6-2-7-18-38)61-58(62-57)45-24-14-23-44-43-22-11-13-26-53(43)64-55(44)45/h1-35H. The Labute approximate surface area is 367 Å². The highest BCUT2D eigenvalue weighted by molar-refractivity contribution is 6.20. The fourth-order valence-electron chi connectivity index (χ4n) is 9.39. The summed E-state index contributed by atoms with van der Waals surface area (Å²) in [6.45, 7) is 0. The quantitative estimate of drug-likeness (QED) is 0.156. The van der Waals surface area contributed by atoms with Crippen molar-refractivity contribution in [2.24, 2.45) is 0 Å². The van der Waals surface area contributed by atoms with Crippen LogP contribution in [0.5, 0.6) is 0 Å². The molecule has 0 saturated heterocycles. The highest BCUT2D eigenvalue weighted by Crippen LogP contribution is 2.41. The van der Waals surface area contributed by atoms with Crippen LogP contribution in [0.2, 0.25) is 0 Å². The highest BCUT2D eigenvalue weighted by Gasteiger charge is 2.20. The molecule has 4 aromatic heterocycles. The van der Waals surface area contributed by atoms with Crippen molar-refractivity contribution in [3.05, 3.63) is 212 Å². The van der Waals surface area contributed by atoms with Crippen molar-refractivity contribution in [2.75, 3.05) is 0 Å². The molecule has 13 aromatic rings. The minimum atomic E-state index is 0.557. The number of para-hydroxylation sites is 4. The number of furan rings is 1. The van der Waals surface area contributed by atoms with Gasteiger partial charge in [-0.15, -0.1) is 0 Å². The first-order chi connectivity index (χ1) is 31.7. The van der Waals surface area contributed by atoms with Crippen LogP contribution in [0.4, 0.5) is 0 Å². The van der Waals surface area contributed by atoms with Crippen LogP contribution in [0.3, 0.4) is 0 Å². The average Bonchev–Trinajstić information content (AvgIpc) is 3.92. The van der Waals surface area contributed by atoms with Crippen LogP contribution in [0.1, 0.15) is 0 Å². The van der Waals surface area contributed by atoms with E-state index in [1.54, 1.807) is 0 Å². The smallest absolute Gasteiger partial charge is 0.167 e. The first kappa shape index (κ1) is 36.0. The van der Waals surface area contributed by atoms with E-state index in [-0.39, 0.29) is 0 Å². The van der Waals surface area contributed by atoms with Crippen molar-refractivity contribution in [3.8, 4) is 62.2 Å². The van der Waals surface area contributed by atoms with Crippen LogP contribution < -0.4 is 0 Å². The van der Waals surface area contributed by atoms with Gasteiger partial charge in [0.15, 0.2) is 17.5 Å². The second kappa shape index (κ2) is 14.4. The van der Waals surface area contributed by atoms with Crippen molar-refractivity contribution in [2.45, 2.75) is 0 Å². The van der Waals surface area contributed by atoms with Gasteiger partial charge in [0.2, 0.25) is 0 Å². The van der Waals surface area contributed by atoms with Crippen LogP contribution in [-0.2, 0) is 0 Å². The summed E-state index contributed by atoms with van der Waals surface area (Å²) in [6, 6.07) is 74.0. The van der Waals surface area contributed by atoms with Gasteiger partial charge in [-0.25, -0.2) is 19.9 Å². The molecule has 298 valence electrons. The maximum Gasteiger partial charge on any atom is 0.167 e. The molecule has 0 spiro atoms. The number of rotatable bonds is 6. The Kier molecular flexibility index (Phi) is 8.11. The number of hydrogen-bond donors (Lipinski definition) is 0. The Morgan fingerprint density at radius 1 is 0.328 bits per heavy atom. The molecule has 0 fully saturated rings. The number of hydrogen-bond acceptors (Lipinski definition) is 5. The van der Waals surface area contributed by atoms with E-state index in [1.165, 1.54) is 16.3 Å². The monoisotopic (exact) mass is 817 g/mol. The third-order valence-corrected chi connectivity index (χ3v) is 12.4. The van der Waals surface area contributed by atoms with Crippen molar-refractivity contribution < 1.29 is 4.42 Å². The number of pyridine rings is 1. The second-order valence-corrected chi connectivity index (χ2v) is 16.2. The molecule has 6 nitrogen and oxygen atoms in total. The second-order valence-electron chi connectivity index (χ2n) is 16.2. The van der Waals surface area contributed by atoms with Crippen LogP contribution in [0, 0.1) is 0 Å². The summed E-state index contributed by atoms with van der Waals surface area (Å²) in [7, 11) is 0. The van der Waals surface area contributed by atoms with E-state index in [9.17, 15) is 0 Å². The predicted octanol–water partition coefficient (Wildman–Crippen LogP) is 14.9. The summed E-state index contributed by atoms with van der Waals surface area (Å²) in [4.78, 5) is 20.6. The van der Waals surface area contributed by atoms with Crippen molar-refractivity contribution in [1.82, 2.24) is 24.5 Å².